The minimum atomic E-state index is -0.790. The van der Waals surface area contributed by atoms with Gasteiger partial charge in [-0.2, -0.15) is 0 Å². The van der Waals surface area contributed by atoms with Crippen molar-refractivity contribution in [3.63, 3.8) is 0 Å². The van der Waals surface area contributed by atoms with E-state index in [0.29, 0.717) is 10.2 Å². The van der Waals surface area contributed by atoms with Crippen LogP contribution in [0.25, 0.3) is 0 Å². The molecule has 0 aliphatic heterocycles. The number of benzene rings is 2. The van der Waals surface area contributed by atoms with Gasteiger partial charge < -0.3 is 15.8 Å². The van der Waals surface area contributed by atoms with Crippen molar-refractivity contribution in [1.82, 2.24) is 0 Å². The number of anilines is 2. The van der Waals surface area contributed by atoms with Gasteiger partial charge >= 0.3 is 5.97 Å². The van der Waals surface area contributed by atoms with Crippen molar-refractivity contribution in [2.45, 2.75) is 0 Å². The van der Waals surface area contributed by atoms with Crippen LogP contribution in [0.1, 0.15) is 10.4 Å². The zero-order valence-electron chi connectivity index (χ0n) is 11.9. The van der Waals surface area contributed by atoms with Crippen LogP contribution in [0.2, 0.25) is 10.0 Å². The quantitative estimate of drug-likeness (QED) is 0.466. The van der Waals surface area contributed by atoms with Crippen LogP contribution >= 0.6 is 55.1 Å². The van der Waals surface area contributed by atoms with Crippen molar-refractivity contribution in [3.05, 3.63) is 54.9 Å². The summed E-state index contributed by atoms with van der Waals surface area (Å²) in [5, 5.41) is 2.99. The summed E-state index contributed by atoms with van der Waals surface area (Å²) in [7, 11) is 0. The molecule has 5 nitrogen and oxygen atoms in total. The number of carbonyl (C=O) groups is 2. The molecule has 0 aromatic heterocycles. The molecule has 126 valence electrons. The van der Waals surface area contributed by atoms with E-state index in [1.54, 1.807) is 18.2 Å². The number of amides is 1. The Morgan fingerprint density at radius 2 is 1.88 bits per heavy atom. The van der Waals surface area contributed by atoms with Crippen LogP contribution in [-0.2, 0) is 9.53 Å². The van der Waals surface area contributed by atoms with E-state index in [1.165, 1.54) is 12.1 Å². The molecule has 0 fully saturated rings. The molecule has 0 radical (unpaired) electrons. The minimum absolute atomic E-state index is 0.00474. The summed E-state index contributed by atoms with van der Waals surface area (Å²) in [6.45, 7) is -0.481. The van der Waals surface area contributed by atoms with E-state index >= 15 is 0 Å². The average Bonchev–Trinajstić information content (AvgIpc) is 2.51. The third-order valence-corrected chi connectivity index (χ3v) is 4.53. The maximum absolute atomic E-state index is 12.0. The van der Waals surface area contributed by atoms with Crippen molar-refractivity contribution >= 4 is 78.3 Å². The molecule has 24 heavy (non-hydrogen) atoms. The molecule has 0 aliphatic carbocycles. The number of rotatable bonds is 4. The van der Waals surface area contributed by atoms with Crippen molar-refractivity contribution in [2.75, 3.05) is 17.7 Å². The van der Waals surface area contributed by atoms with E-state index in [4.69, 9.17) is 33.7 Å². The molecule has 0 unspecified atom stereocenters. The highest BCUT2D eigenvalue weighted by Crippen LogP contribution is 2.28. The molecule has 0 saturated carbocycles. The Hall–Kier alpha value is -1.28. The smallest absolute Gasteiger partial charge is 0.340 e. The van der Waals surface area contributed by atoms with E-state index in [-0.39, 0.29) is 21.3 Å². The van der Waals surface area contributed by atoms with Gasteiger partial charge in [0.15, 0.2) is 6.61 Å². The fraction of sp³-hybridized carbons (Fsp3) is 0.0667. The molecule has 1 amide bonds. The van der Waals surface area contributed by atoms with Crippen molar-refractivity contribution < 1.29 is 14.3 Å². The van der Waals surface area contributed by atoms with Crippen molar-refractivity contribution in [1.29, 1.82) is 0 Å². The highest BCUT2D eigenvalue weighted by atomic mass is 79.9. The second-order valence-corrected chi connectivity index (χ2v) is 7.21. The lowest BCUT2D eigenvalue weighted by Crippen LogP contribution is -2.21. The Bertz CT molecular complexity index is 816. The van der Waals surface area contributed by atoms with Crippen LogP contribution in [-0.4, -0.2) is 18.5 Å². The molecule has 9 heteroatoms. The highest BCUT2D eigenvalue weighted by Gasteiger charge is 2.17. The van der Waals surface area contributed by atoms with Crippen molar-refractivity contribution in [2.24, 2.45) is 0 Å². The number of nitrogens with one attached hydrogen (secondary N) is 1. The van der Waals surface area contributed by atoms with E-state index in [9.17, 15) is 9.59 Å². The fourth-order valence-electron chi connectivity index (χ4n) is 1.74. The lowest BCUT2D eigenvalue weighted by Gasteiger charge is -2.10. The van der Waals surface area contributed by atoms with Crippen LogP contribution in [0, 0.1) is 0 Å². The second kappa shape index (κ2) is 8.20. The van der Waals surface area contributed by atoms with Crippen LogP contribution in [0.5, 0.6) is 0 Å². The van der Waals surface area contributed by atoms with Crippen LogP contribution in [0.4, 0.5) is 11.4 Å². The van der Waals surface area contributed by atoms with Gasteiger partial charge in [-0.1, -0.05) is 39.1 Å². The molecule has 0 aliphatic rings. The molecular formula is C15H10Br2Cl2N2O3. The summed E-state index contributed by atoms with van der Waals surface area (Å²) >= 11 is 18.3. The van der Waals surface area contributed by atoms with E-state index < -0.39 is 18.5 Å². The zero-order valence-corrected chi connectivity index (χ0v) is 16.6. The largest absolute Gasteiger partial charge is 0.452 e. The predicted molar refractivity (Wildman–Crippen MR) is 102 cm³/mol. The summed E-state index contributed by atoms with van der Waals surface area (Å²) in [6.07, 6.45) is 0. The van der Waals surface area contributed by atoms with Crippen LogP contribution in [0.3, 0.4) is 0 Å². The average molecular weight is 497 g/mol. The zero-order chi connectivity index (χ0) is 17.9. The molecule has 0 heterocycles. The van der Waals surface area contributed by atoms with E-state index in [2.05, 4.69) is 37.2 Å². The number of hydrogen-bond donors (Lipinski definition) is 2. The van der Waals surface area contributed by atoms with Gasteiger partial charge in [0.05, 0.1) is 22.0 Å². The highest BCUT2D eigenvalue weighted by molar-refractivity contribution is 9.11. The Labute approximate surface area is 164 Å². The van der Waals surface area contributed by atoms with E-state index in [1.807, 2.05) is 0 Å². The first-order valence-corrected chi connectivity index (χ1v) is 8.78. The molecule has 3 N–H and O–H groups in total. The first kappa shape index (κ1) is 19.1. The first-order chi connectivity index (χ1) is 11.3. The van der Waals surface area contributed by atoms with Gasteiger partial charge in [0.2, 0.25) is 0 Å². The number of esters is 1. The Morgan fingerprint density at radius 3 is 2.54 bits per heavy atom. The second-order valence-electron chi connectivity index (χ2n) is 4.60. The van der Waals surface area contributed by atoms with Gasteiger partial charge in [-0.05, 0) is 46.3 Å². The van der Waals surface area contributed by atoms with Gasteiger partial charge in [0.1, 0.15) is 0 Å². The van der Waals surface area contributed by atoms with E-state index in [0.717, 1.165) is 4.47 Å². The Kier molecular flexibility index (Phi) is 6.51. The molecule has 0 bridgehead atoms. The van der Waals surface area contributed by atoms with Crippen molar-refractivity contribution in [3.8, 4) is 0 Å². The lowest BCUT2D eigenvalue weighted by molar-refractivity contribution is -0.119. The molecule has 0 saturated heterocycles. The molecule has 2 rings (SSSR count). The number of nitrogens with two attached hydrogens (primary N) is 1. The van der Waals surface area contributed by atoms with Gasteiger partial charge in [-0.3, -0.25) is 4.79 Å². The van der Waals surface area contributed by atoms with Crippen LogP contribution in [0.15, 0.2) is 39.3 Å². The lowest BCUT2D eigenvalue weighted by atomic mass is 10.2. The summed E-state index contributed by atoms with van der Waals surface area (Å²) in [5.41, 5.74) is 6.31. The topological polar surface area (TPSA) is 81.4 Å². The monoisotopic (exact) mass is 494 g/mol. The normalized spacial score (nSPS) is 10.3. The van der Waals surface area contributed by atoms with Gasteiger partial charge in [-0.25, -0.2) is 4.79 Å². The fourth-order valence-corrected chi connectivity index (χ4v) is 3.38. The minimum Gasteiger partial charge on any atom is -0.452 e. The maximum Gasteiger partial charge on any atom is 0.340 e. The third kappa shape index (κ3) is 4.86. The number of nitrogen functional groups attached to an aromatic ring is 1. The number of carbonyl (C=O) groups excluding carboxylic acids is 2. The Balaban J connectivity index is 2.00. The summed E-state index contributed by atoms with van der Waals surface area (Å²) in [6, 6.07) is 7.97. The third-order valence-electron chi connectivity index (χ3n) is 2.85. The van der Waals surface area contributed by atoms with Gasteiger partial charge in [0.25, 0.3) is 5.91 Å². The summed E-state index contributed by atoms with van der Waals surface area (Å²) in [5.74, 6) is -1.29. The van der Waals surface area contributed by atoms with Crippen LogP contribution < -0.4 is 11.1 Å². The molecular weight excluding hydrogens is 487 g/mol. The number of halogens is 4. The molecule has 2 aromatic rings. The summed E-state index contributed by atoms with van der Waals surface area (Å²) in [4.78, 5) is 23.9. The van der Waals surface area contributed by atoms with Gasteiger partial charge in [0, 0.05) is 14.0 Å². The number of hydrogen-bond acceptors (Lipinski definition) is 4. The maximum atomic E-state index is 12.0. The predicted octanol–water partition coefficient (Wildman–Crippen LogP) is 4.90. The molecule has 0 spiro atoms. The summed E-state index contributed by atoms with van der Waals surface area (Å²) < 4.78 is 6.48. The number of ether oxygens (including phenoxy) is 1. The first-order valence-electron chi connectivity index (χ1n) is 6.44. The Morgan fingerprint density at radius 1 is 1.17 bits per heavy atom. The molecule has 2 aromatic carbocycles. The SMILES string of the molecule is Nc1c(Cl)cc(Cl)cc1C(=O)OCC(=O)Nc1ccc(Br)cc1Br. The molecule has 0 atom stereocenters. The van der Waals surface area contributed by atoms with Gasteiger partial charge in [-0.15, -0.1) is 0 Å². The standard InChI is InChI=1S/C15H10Br2Cl2N2O3/c16-7-1-2-12(10(17)3-7)21-13(22)6-24-15(23)9-4-8(18)5-11(19)14(9)20/h1-5H,6,20H2,(H,21,22).